The fourth-order valence-electron chi connectivity index (χ4n) is 1.32. The lowest BCUT2D eigenvalue weighted by atomic mass is 10.1. The molecular formula is C11H16N2O2. The summed E-state index contributed by atoms with van der Waals surface area (Å²) in [6, 6.07) is 7.12. The van der Waals surface area contributed by atoms with Crippen molar-refractivity contribution in [1.82, 2.24) is 5.32 Å². The summed E-state index contributed by atoms with van der Waals surface area (Å²) in [5, 5.41) is 12.4. The number of benzene rings is 1. The van der Waals surface area contributed by atoms with E-state index in [2.05, 4.69) is 5.32 Å². The van der Waals surface area contributed by atoms with Gasteiger partial charge in [0.2, 0.25) is 5.91 Å². The highest BCUT2D eigenvalue weighted by Gasteiger charge is 2.05. The van der Waals surface area contributed by atoms with E-state index in [0.717, 1.165) is 5.56 Å². The molecule has 4 heteroatoms. The molecule has 0 aliphatic carbocycles. The number of hydrogen-bond donors (Lipinski definition) is 3. The first-order valence-electron chi connectivity index (χ1n) is 4.90. The summed E-state index contributed by atoms with van der Waals surface area (Å²) in [4.78, 5) is 10.5. The molecule has 1 unspecified atom stereocenters. The second-order valence-corrected chi connectivity index (χ2v) is 3.49. The summed E-state index contributed by atoms with van der Waals surface area (Å²) in [5.74, 6) is -0.0679. The maximum atomic E-state index is 10.5. The van der Waals surface area contributed by atoms with Gasteiger partial charge in [0.05, 0.1) is 0 Å². The number of rotatable bonds is 5. The number of phenolic OH excluding ortho intramolecular Hbond substituents is 1. The average molecular weight is 208 g/mol. The van der Waals surface area contributed by atoms with Crippen LogP contribution in [0.25, 0.3) is 0 Å². The van der Waals surface area contributed by atoms with Gasteiger partial charge in [-0.05, 0) is 24.6 Å². The maximum Gasteiger partial charge on any atom is 0.218 e. The molecular weight excluding hydrogens is 192 g/mol. The minimum atomic E-state index is -0.314. The number of primary amides is 1. The largest absolute Gasteiger partial charge is 0.508 e. The van der Waals surface area contributed by atoms with Gasteiger partial charge < -0.3 is 16.2 Å². The number of aromatic hydroxyl groups is 1. The molecule has 1 rings (SSSR count). The maximum absolute atomic E-state index is 10.5. The first-order chi connectivity index (χ1) is 7.09. The summed E-state index contributed by atoms with van der Waals surface area (Å²) in [6.45, 7) is 2.52. The number of carbonyl (C=O) groups is 1. The molecule has 0 saturated carbocycles. The van der Waals surface area contributed by atoms with Crippen LogP contribution in [0, 0.1) is 0 Å². The highest BCUT2D eigenvalue weighted by atomic mass is 16.3. The molecule has 0 fully saturated rings. The van der Waals surface area contributed by atoms with Crippen LogP contribution in [-0.4, -0.2) is 17.6 Å². The van der Waals surface area contributed by atoms with Crippen molar-refractivity contribution in [1.29, 1.82) is 0 Å². The number of carbonyl (C=O) groups excluding carboxylic acids is 1. The fourth-order valence-corrected chi connectivity index (χ4v) is 1.32. The third kappa shape index (κ3) is 3.99. The van der Waals surface area contributed by atoms with Crippen molar-refractivity contribution >= 4 is 5.91 Å². The molecule has 15 heavy (non-hydrogen) atoms. The van der Waals surface area contributed by atoms with Gasteiger partial charge in [-0.3, -0.25) is 4.79 Å². The van der Waals surface area contributed by atoms with Crippen molar-refractivity contribution in [2.45, 2.75) is 19.4 Å². The quantitative estimate of drug-likeness (QED) is 0.673. The number of phenols is 1. The van der Waals surface area contributed by atoms with Crippen molar-refractivity contribution in [2.75, 3.05) is 6.54 Å². The van der Waals surface area contributed by atoms with E-state index in [1.54, 1.807) is 18.2 Å². The summed E-state index contributed by atoms with van der Waals surface area (Å²) >= 11 is 0. The molecule has 0 aliphatic rings. The smallest absolute Gasteiger partial charge is 0.218 e. The van der Waals surface area contributed by atoms with Crippen LogP contribution in [-0.2, 0) is 4.79 Å². The van der Waals surface area contributed by atoms with Gasteiger partial charge in [-0.15, -0.1) is 0 Å². The monoisotopic (exact) mass is 208 g/mol. The van der Waals surface area contributed by atoms with Crippen molar-refractivity contribution in [3.8, 4) is 5.75 Å². The SMILES string of the molecule is CC(NCCC(N)=O)c1cccc(O)c1. The first-order valence-corrected chi connectivity index (χ1v) is 4.90. The Morgan fingerprint density at radius 2 is 2.33 bits per heavy atom. The molecule has 0 saturated heterocycles. The predicted octanol–water partition coefficient (Wildman–Crippen LogP) is 0.918. The Hall–Kier alpha value is -1.55. The van der Waals surface area contributed by atoms with Gasteiger partial charge in [-0.2, -0.15) is 0 Å². The Labute approximate surface area is 89.1 Å². The highest BCUT2D eigenvalue weighted by molar-refractivity contribution is 5.73. The number of hydrogen-bond acceptors (Lipinski definition) is 3. The van der Waals surface area contributed by atoms with Crippen molar-refractivity contribution in [2.24, 2.45) is 5.73 Å². The molecule has 1 amide bonds. The standard InChI is InChI=1S/C11H16N2O2/c1-8(13-6-5-11(12)15)9-3-2-4-10(14)7-9/h2-4,7-8,13-14H,5-6H2,1H3,(H2,12,15). The van der Waals surface area contributed by atoms with Crippen LogP contribution in [0.5, 0.6) is 5.75 Å². The van der Waals surface area contributed by atoms with Gasteiger partial charge in [-0.1, -0.05) is 12.1 Å². The fraction of sp³-hybridized carbons (Fsp3) is 0.364. The Morgan fingerprint density at radius 3 is 2.93 bits per heavy atom. The minimum absolute atomic E-state index is 0.0939. The van der Waals surface area contributed by atoms with Gasteiger partial charge in [0.15, 0.2) is 0 Å². The van der Waals surface area contributed by atoms with E-state index in [4.69, 9.17) is 5.73 Å². The Kier molecular flexibility index (Phi) is 4.12. The predicted molar refractivity (Wildman–Crippen MR) is 58.3 cm³/mol. The summed E-state index contributed by atoms with van der Waals surface area (Å²) in [6.07, 6.45) is 0.323. The molecule has 1 aromatic rings. The molecule has 0 aliphatic heterocycles. The van der Waals surface area contributed by atoms with Crippen LogP contribution in [0.2, 0.25) is 0 Å². The van der Waals surface area contributed by atoms with E-state index in [0.29, 0.717) is 13.0 Å². The molecule has 4 N–H and O–H groups in total. The summed E-state index contributed by atoms with van der Waals surface area (Å²) in [5.41, 5.74) is 6.01. The molecule has 0 bridgehead atoms. The average Bonchev–Trinajstić information content (AvgIpc) is 2.17. The lowest BCUT2D eigenvalue weighted by molar-refractivity contribution is -0.117. The van der Waals surface area contributed by atoms with Crippen LogP contribution in [0.1, 0.15) is 24.9 Å². The molecule has 1 atom stereocenters. The highest BCUT2D eigenvalue weighted by Crippen LogP contribution is 2.17. The van der Waals surface area contributed by atoms with E-state index in [-0.39, 0.29) is 17.7 Å². The first kappa shape index (κ1) is 11.5. The van der Waals surface area contributed by atoms with Gasteiger partial charge in [-0.25, -0.2) is 0 Å². The molecule has 4 nitrogen and oxygen atoms in total. The third-order valence-corrected chi connectivity index (χ3v) is 2.19. The van der Waals surface area contributed by atoms with E-state index in [1.807, 2.05) is 13.0 Å². The van der Waals surface area contributed by atoms with Crippen molar-refractivity contribution < 1.29 is 9.90 Å². The zero-order valence-electron chi connectivity index (χ0n) is 8.73. The van der Waals surface area contributed by atoms with E-state index in [1.165, 1.54) is 0 Å². The van der Waals surface area contributed by atoms with Gasteiger partial charge >= 0.3 is 0 Å². The second kappa shape index (κ2) is 5.36. The van der Waals surface area contributed by atoms with Gasteiger partial charge in [0.1, 0.15) is 5.75 Å². The van der Waals surface area contributed by atoms with Crippen molar-refractivity contribution in [3.05, 3.63) is 29.8 Å². The van der Waals surface area contributed by atoms with Gasteiger partial charge in [0, 0.05) is 19.0 Å². The number of nitrogens with one attached hydrogen (secondary N) is 1. The lowest BCUT2D eigenvalue weighted by Gasteiger charge is -2.13. The Balaban J connectivity index is 2.46. The van der Waals surface area contributed by atoms with Crippen molar-refractivity contribution in [3.63, 3.8) is 0 Å². The van der Waals surface area contributed by atoms with E-state index >= 15 is 0 Å². The Bertz CT molecular complexity index is 339. The minimum Gasteiger partial charge on any atom is -0.508 e. The number of nitrogens with two attached hydrogens (primary N) is 1. The second-order valence-electron chi connectivity index (χ2n) is 3.49. The number of amides is 1. The van der Waals surface area contributed by atoms with E-state index < -0.39 is 0 Å². The third-order valence-electron chi connectivity index (χ3n) is 2.19. The Morgan fingerprint density at radius 1 is 1.60 bits per heavy atom. The summed E-state index contributed by atoms with van der Waals surface area (Å²) < 4.78 is 0. The molecule has 0 radical (unpaired) electrons. The zero-order chi connectivity index (χ0) is 11.3. The molecule has 0 heterocycles. The van der Waals surface area contributed by atoms with Gasteiger partial charge in [0.25, 0.3) is 0 Å². The van der Waals surface area contributed by atoms with Crippen LogP contribution in [0.15, 0.2) is 24.3 Å². The van der Waals surface area contributed by atoms with Crippen LogP contribution < -0.4 is 11.1 Å². The molecule has 0 spiro atoms. The molecule has 82 valence electrons. The topological polar surface area (TPSA) is 75.3 Å². The zero-order valence-corrected chi connectivity index (χ0v) is 8.73. The van der Waals surface area contributed by atoms with Crippen LogP contribution >= 0.6 is 0 Å². The molecule has 1 aromatic carbocycles. The van der Waals surface area contributed by atoms with E-state index in [9.17, 15) is 9.90 Å². The summed E-state index contributed by atoms with van der Waals surface area (Å²) in [7, 11) is 0. The molecule has 0 aromatic heterocycles. The lowest BCUT2D eigenvalue weighted by Crippen LogP contribution is -2.24. The normalized spacial score (nSPS) is 12.3. The van der Waals surface area contributed by atoms with Crippen LogP contribution in [0.3, 0.4) is 0 Å². The van der Waals surface area contributed by atoms with Crippen LogP contribution in [0.4, 0.5) is 0 Å².